The van der Waals surface area contributed by atoms with Gasteiger partial charge in [-0.3, -0.25) is 0 Å². The van der Waals surface area contributed by atoms with E-state index in [0.717, 1.165) is 31.6 Å². The Balaban J connectivity index is 2.06. The number of aromatic carboxylic acids is 1. The zero-order valence-corrected chi connectivity index (χ0v) is 10.2. The predicted octanol–water partition coefficient (Wildman–Crippen LogP) is 1.17. The maximum Gasteiger partial charge on any atom is 0.335 e. The van der Waals surface area contributed by atoms with Gasteiger partial charge >= 0.3 is 5.97 Å². The van der Waals surface area contributed by atoms with E-state index in [1.165, 1.54) is 0 Å². The van der Waals surface area contributed by atoms with E-state index in [2.05, 4.69) is 25.5 Å². The molecule has 0 amide bonds. The number of hydrogen-bond acceptors (Lipinski definition) is 5. The zero-order valence-electron chi connectivity index (χ0n) is 10.2. The number of H-pyrrole nitrogens is 1. The standard InChI is InChI=1S/C12H13N5O2/c18-12(19)9-5-8(11-13-15-16-14-11)6-10(7-9)17-3-1-2-4-17/h5-7H,1-4H2,(H,18,19)(H,13,14,15,16). The Morgan fingerprint density at radius 2 is 2.05 bits per heavy atom. The van der Waals surface area contributed by atoms with E-state index in [1.807, 2.05) is 6.07 Å². The number of carbonyl (C=O) groups is 1. The van der Waals surface area contributed by atoms with E-state index in [-0.39, 0.29) is 5.56 Å². The Morgan fingerprint density at radius 1 is 1.26 bits per heavy atom. The molecule has 1 saturated heterocycles. The van der Waals surface area contributed by atoms with Crippen LogP contribution in [0.3, 0.4) is 0 Å². The normalized spacial score (nSPS) is 14.8. The number of nitrogens with one attached hydrogen (secondary N) is 1. The van der Waals surface area contributed by atoms with E-state index < -0.39 is 5.97 Å². The lowest BCUT2D eigenvalue weighted by atomic mass is 10.1. The summed E-state index contributed by atoms with van der Waals surface area (Å²) in [6.07, 6.45) is 2.27. The van der Waals surface area contributed by atoms with Gasteiger partial charge in [0.05, 0.1) is 5.56 Å². The first kappa shape index (κ1) is 11.6. The number of anilines is 1. The number of tetrazole rings is 1. The highest BCUT2D eigenvalue weighted by molar-refractivity contribution is 5.91. The van der Waals surface area contributed by atoms with E-state index in [1.54, 1.807) is 12.1 Å². The molecule has 7 heteroatoms. The first-order chi connectivity index (χ1) is 9.24. The summed E-state index contributed by atoms with van der Waals surface area (Å²) in [5, 5.41) is 22.7. The van der Waals surface area contributed by atoms with Crippen molar-refractivity contribution in [1.29, 1.82) is 0 Å². The second kappa shape index (κ2) is 4.68. The molecule has 1 aliphatic rings. The Bertz CT molecular complexity index is 590. The molecular weight excluding hydrogens is 246 g/mol. The van der Waals surface area contributed by atoms with Gasteiger partial charge in [-0.2, -0.15) is 0 Å². The number of rotatable bonds is 3. The lowest BCUT2D eigenvalue weighted by Crippen LogP contribution is -2.18. The molecule has 2 heterocycles. The minimum atomic E-state index is -0.949. The van der Waals surface area contributed by atoms with Crippen LogP contribution in [0, 0.1) is 0 Å². The van der Waals surface area contributed by atoms with Crippen LogP contribution in [0.25, 0.3) is 11.4 Å². The van der Waals surface area contributed by atoms with Crippen LogP contribution in [0.4, 0.5) is 5.69 Å². The maximum atomic E-state index is 11.2. The fourth-order valence-electron chi connectivity index (χ4n) is 2.31. The second-order valence-corrected chi connectivity index (χ2v) is 4.52. The number of aromatic amines is 1. The molecule has 0 radical (unpaired) electrons. The van der Waals surface area contributed by atoms with Gasteiger partial charge in [0.1, 0.15) is 0 Å². The van der Waals surface area contributed by atoms with Gasteiger partial charge < -0.3 is 10.0 Å². The van der Waals surface area contributed by atoms with Crippen molar-refractivity contribution in [2.24, 2.45) is 0 Å². The van der Waals surface area contributed by atoms with Crippen LogP contribution in [0.2, 0.25) is 0 Å². The molecule has 1 fully saturated rings. The molecule has 7 nitrogen and oxygen atoms in total. The summed E-state index contributed by atoms with van der Waals surface area (Å²) in [7, 11) is 0. The van der Waals surface area contributed by atoms with Crippen LogP contribution < -0.4 is 4.90 Å². The van der Waals surface area contributed by atoms with Crippen LogP contribution in [-0.4, -0.2) is 44.8 Å². The zero-order chi connectivity index (χ0) is 13.2. The van der Waals surface area contributed by atoms with Gasteiger partial charge in [0.2, 0.25) is 0 Å². The first-order valence-corrected chi connectivity index (χ1v) is 6.11. The van der Waals surface area contributed by atoms with Crippen molar-refractivity contribution < 1.29 is 9.90 Å². The van der Waals surface area contributed by atoms with Gasteiger partial charge in [-0.05, 0) is 41.5 Å². The quantitative estimate of drug-likeness (QED) is 0.859. The van der Waals surface area contributed by atoms with Gasteiger partial charge in [0.25, 0.3) is 0 Å². The average Bonchev–Trinajstić information content (AvgIpc) is 3.11. The molecule has 0 atom stereocenters. The molecule has 1 aromatic heterocycles. The summed E-state index contributed by atoms with van der Waals surface area (Å²) < 4.78 is 0. The number of aromatic nitrogens is 4. The Labute approximate surface area is 109 Å². The number of hydrogen-bond donors (Lipinski definition) is 2. The molecule has 0 bridgehead atoms. The second-order valence-electron chi connectivity index (χ2n) is 4.52. The monoisotopic (exact) mass is 259 g/mol. The van der Waals surface area contributed by atoms with Crippen molar-refractivity contribution in [3.63, 3.8) is 0 Å². The first-order valence-electron chi connectivity index (χ1n) is 6.11. The molecule has 3 rings (SSSR count). The van der Waals surface area contributed by atoms with Crippen molar-refractivity contribution in [3.8, 4) is 11.4 Å². The number of nitrogens with zero attached hydrogens (tertiary/aromatic N) is 4. The summed E-state index contributed by atoms with van der Waals surface area (Å²) >= 11 is 0. The van der Waals surface area contributed by atoms with E-state index in [4.69, 9.17) is 0 Å². The van der Waals surface area contributed by atoms with Crippen LogP contribution in [-0.2, 0) is 0 Å². The van der Waals surface area contributed by atoms with Crippen molar-refractivity contribution in [2.75, 3.05) is 18.0 Å². The predicted molar refractivity (Wildman–Crippen MR) is 68.0 cm³/mol. The third-order valence-electron chi connectivity index (χ3n) is 3.25. The Kier molecular flexibility index (Phi) is 2.86. The van der Waals surface area contributed by atoms with Gasteiger partial charge in [0, 0.05) is 24.3 Å². The molecule has 1 aromatic carbocycles. The van der Waals surface area contributed by atoms with Crippen LogP contribution in [0.1, 0.15) is 23.2 Å². The molecule has 0 saturated carbocycles. The Hall–Kier alpha value is -2.44. The molecule has 1 aliphatic heterocycles. The lowest BCUT2D eigenvalue weighted by molar-refractivity contribution is 0.0697. The molecule has 98 valence electrons. The summed E-state index contributed by atoms with van der Waals surface area (Å²) in [6, 6.07) is 5.19. The van der Waals surface area contributed by atoms with Gasteiger partial charge in [-0.15, -0.1) is 5.10 Å². The summed E-state index contributed by atoms with van der Waals surface area (Å²) in [5.41, 5.74) is 1.84. The minimum absolute atomic E-state index is 0.246. The maximum absolute atomic E-state index is 11.2. The lowest BCUT2D eigenvalue weighted by Gasteiger charge is -2.18. The van der Waals surface area contributed by atoms with Gasteiger partial charge in [-0.1, -0.05) is 0 Å². The Morgan fingerprint density at radius 3 is 2.68 bits per heavy atom. The fourth-order valence-corrected chi connectivity index (χ4v) is 2.31. The summed E-state index contributed by atoms with van der Waals surface area (Å²) in [4.78, 5) is 13.4. The molecular formula is C12H13N5O2. The number of benzene rings is 1. The van der Waals surface area contributed by atoms with E-state index in [0.29, 0.717) is 11.4 Å². The SMILES string of the molecule is O=C(O)c1cc(-c2nnn[nH]2)cc(N2CCCC2)c1. The number of carboxylic acids is 1. The molecule has 0 unspecified atom stereocenters. The van der Waals surface area contributed by atoms with Crippen molar-refractivity contribution in [1.82, 2.24) is 20.6 Å². The summed E-state index contributed by atoms with van der Waals surface area (Å²) in [5.74, 6) is -0.474. The molecule has 0 aliphatic carbocycles. The number of carboxylic acid groups (broad SMARTS) is 1. The third-order valence-corrected chi connectivity index (χ3v) is 3.25. The third kappa shape index (κ3) is 2.26. The minimum Gasteiger partial charge on any atom is -0.478 e. The highest BCUT2D eigenvalue weighted by atomic mass is 16.4. The average molecular weight is 259 g/mol. The van der Waals surface area contributed by atoms with E-state index >= 15 is 0 Å². The van der Waals surface area contributed by atoms with Crippen molar-refractivity contribution >= 4 is 11.7 Å². The van der Waals surface area contributed by atoms with Crippen LogP contribution >= 0.6 is 0 Å². The van der Waals surface area contributed by atoms with E-state index in [9.17, 15) is 9.90 Å². The highest BCUT2D eigenvalue weighted by Crippen LogP contribution is 2.27. The molecule has 2 aromatic rings. The largest absolute Gasteiger partial charge is 0.478 e. The van der Waals surface area contributed by atoms with Crippen LogP contribution in [0.15, 0.2) is 18.2 Å². The van der Waals surface area contributed by atoms with Crippen molar-refractivity contribution in [2.45, 2.75) is 12.8 Å². The van der Waals surface area contributed by atoms with Crippen molar-refractivity contribution in [3.05, 3.63) is 23.8 Å². The molecule has 19 heavy (non-hydrogen) atoms. The fraction of sp³-hybridized carbons (Fsp3) is 0.333. The van der Waals surface area contributed by atoms with Gasteiger partial charge in [-0.25, -0.2) is 9.89 Å². The summed E-state index contributed by atoms with van der Waals surface area (Å²) in [6.45, 7) is 1.91. The molecule has 0 spiro atoms. The smallest absolute Gasteiger partial charge is 0.335 e. The van der Waals surface area contributed by atoms with Gasteiger partial charge in [0.15, 0.2) is 5.82 Å². The molecule has 2 N–H and O–H groups in total. The topological polar surface area (TPSA) is 95.0 Å². The van der Waals surface area contributed by atoms with Crippen LogP contribution in [0.5, 0.6) is 0 Å². The highest BCUT2D eigenvalue weighted by Gasteiger charge is 2.17.